The van der Waals surface area contributed by atoms with Crippen molar-refractivity contribution in [3.05, 3.63) is 23.8 Å². The van der Waals surface area contributed by atoms with Crippen molar-refractivity contribution in [2.75, 3.05) is 13.2 Å². The Morgan fingerprint density at radius 2 is 1.78 bits per heavy atom. The molecule has 0 aromatic carbocycles. The maximum absolute atomic E-state index is 11.8. The minimum absolute atomic E-state index is 0.193. The summed E-state index contributed by atoms with van der Waals surface area (Å²) in [5.41, 5.74) is 0.291. The van der Waals surface area contributed by atoms with Gasteiger partial charge in [-0.2, -0.15) is 0 Å². The van der Waals surface area contributed by atoms with E-state index in [0.717, 1.165) is 0 Å². The normalized spacial score (nSPS) is 10.2. The molecule has 1 aromatic heterocycles. The summed E-state index contributed by atoms with van der Waals surface area (Å²) in [6.07, 6.45) is 1.49. The molecule has 0 spiro atoms. The molecule has 0 amide bonds. The fraction of sp³-hybridized carbons (Fsp3) is 0.500. The lowest BCUT2D eigenvalue weighted by Gasteiger charge is -2.13. The fourth-order valence-electron chi connectivity index (χ4n) is 1.42. The maximum Gasteiger partial charge on any atom is 0.326 e. The van der Waals surface area contributed by atoms with Crippen LogP contribution >= 0.6 is 0 Å². The largest absolute Gasteiger partial charge is 0.465 e. The molecule has 1 heterocycles. The molecule has 0 N–H and O–H groups in total. The van der Waals surface area contributed by atoms with Crippen LogP contribution < -0.4 is 0 Å². The summed E-state index contributed by atoms with van der Waals surface area (Å²) in [5, 5.41) is 0. The molecular weight excluding hydrogens is 236 g/mol. The number of ether oxygens (including phenoxy) is 2. The Bertz CT molecular complexity index is 416. The zero-order valence-electron chi connectivity index (χ0n) is 10.7. The van der Waals surface area contributed by atoms with Gasteiger partial charge in [-0.15, -0.1) is 0 Å². The van der Waals surface area contributed by atoms with Crippen LogP contribution in [0.3, 0.4) is 0 Å². The second-order valence-electron chi connectivity index (χ2n) is 3.47. The third kappa shape index (κ3) is 3.51. The van der Waals surface area contributed by atoms with E-state index in [0.29, 0.717) is 11.5 Å². The molecule has 0 aliphatic rings. The number of aryl methyl sites for hydroxylation is 1. The summed E-state index contributed by atoms with van der Waals surface area (Å²) < 4.78 is 9.73. The van der Waals surface area contributed by atoms with Gasteiger partial charge in [-0.05, 0) is 26.8 Å². The predicted molar refractivity (Wildman–Crippen MR) is 62.8 cm³/mol. The summed E-state index contributed by atoms with van der Waals surface area (Å²) in [4.78, 5) is 31.6. The maximum atomic E-state index is 11.8. The molecule has 0 radical (unpaired) electrons. The summed E-state index contributed by atoms with van der Waals surface area (Å²) in [6, 6.07) is 1.51. The van der Waals surface area contributed by atoms with Crippen molar-refractivity contribution in [1.82, 2.24) is 9.97 Å². The molecule has 0 bridgehead atoms. The quantitative estimate of drug-likeness (QED) is 0.574. The minimum atomic E-state index is -1.15. The second kappa shape index (κ2) is 6.68. The van der Waals surface area contributed by atoms with Crippen molar-refractivity contribution in [3.8, 4) is 0 Å². The minimum Gasteiger partial charge on any atom is -0.465 e. The SMILES string of the molecule is CCOC(=O)C(C(=O)OCC)c1ccnc(C)n1. The highest BCUT2D eigenvalue weighted by Gasteiger charge is 2.32. The van der Waals surface area contributed by atoms with Gasteiger partial charge in [0.25, 0.3) is 0 Å². The van der Waals surface area contributed by atoms with Crippen LogP contribution in [0.15, 0.2) is 12.3 Å². The van der Waals surface area contributed by atoms with Gasteiger partial charge in [0.15, 0.2) is 5.92 Å². The summed E-state index contributed by atoms with van der Waals surface area (Å²) in [5.74, 6) is -1.99. The van der Waals surface area contributed by atoms with Gasteiger partial charge in [-0.3, -0.25) is 9.59 Å². The number of rotatable bonds is 5. The van der Waals surface area contributed by atoms with E-state index in [2.05, 4.69) is 9.97 Å². The number of carbonyl (C=O) groups is 2. The van der Waals surface area contributed by atoms with Gasteiger partial charge < -0.3 is 9.47 Å². The smallest absolute Gasteiger partial charge is 0.326 e. The van der Waals surface area contributed by atoms with Crippen molar-refractivity contribution in [1.29, 1.82) is 0 Å². The van der Waals surface area contributed by atoms with Crippen molar-refractivity contribution < 1.29 is 19.1 Å². The van der Waals surface area contributed by atoms with E-state index >= 15 is 0 Å². The van der Waals surface area contributed by atoms with Crippen molar-refractivity contribution >= 4 is 11.9 Å². The first-order valence-electron chi connectivity index (χ1n) is 5.73. The van der Waals surface area contributed by atoms with Gasteiger partial charge >= 0.3 is 11.9 Å². The van der Waals surface area contributed by atoms with Crippen LogP contribution in [-0.4, -0.2) is 35.1 Å². The molecule has 0 unspecified atom stereocenters. The molecule has 0 saturated carbocycles. The van der Waals surface area contributed by atoms with Crippen LogP contribution in [0.5, 0.6) is 0 Å². The number of hydrogen-bond acceptors (Lipinski definition) is 6. The van der Waals surface area contributed by atoms with Crippen molar-refractivity contribution in [2.45, 2.75) is 26.7 Å². The topological polar surface area (TPSA) is 78.4 Å². The Labute approximate surface area is 105 Å². The standard InChI is InChI=1S/C12H16N2O4/c1-4-17-11(15)10(12(16)18-5-2)9-6-7-13-8(3)14-9/h6-7,10H,4-5H2,1-3H3. The van der Waals surface area contributed by atoms with Gasteiger partial charge in [0.1, 0.15) is 5.82 Å². The van der Waals surface area contributed by atoms with Crippen LogP contribution in [0.1, 0.15) is 31.3 Å². The Kier molecular flexibility index (Phi) is 5.23. The number of carbonyl (C=O) groups excluding carboxylic acids is 2. The molecule has 0 aliphatic heterocycles. The average molecular weight is 252 g/mol. The van der Waals surface area contributed by atoms with Crippen LogP contribution in [0.25, 0.3) is 0 Å². The third-order valence-electron chi connectivity index (χ3n) is 2.14. The van der Waals surface area contributed by atoms with E-state index in [9.17, 15) is 9.59 Å². The third-order valence-corrected chi connectivity index (χ3v) is 2.14. The highest BCUT2D eigenvalue weighted by molar-refractivity contribution is 6.00. The number of nitrogens with zero attached hydrogens (tertiary/aromatic N) is 2. The summed E-state index contributed by atoms with van der Waals surface area (Å²) in [7, 11) is 0. The molecule has 1 aromatic rings. The van der Waals surface area contributed by atoms with Crippen molar-refractivity contribution in [2.24, 2.45) is 0 Å². The molecule has 98 valence electrons. The van der Waals surface area contributed by atoms with Crippen LogP contribution in [0.2, 0.25) is 0 Å². The fourth-order valence-corrected chi connectivity index (χ4v) is 1.42. The molecular formula is C12H16N2O4. The molecule has 18 heavy (non-hydrogen) atoms. The van der Waals surface area contributed by atoms with Gasteiger partial charge in [-0.1, -0.05) is 0 Å². The molecule has 6 nitrogen and oxygen atoms in total. The number of esters is 2. The van der Waals surface area contributed by atoms with E-state index in [1.165, 1.54) is 12.3 Å². The zero-order chi connectivity index (χ0) is 13.5. The summed E-state index contributed by atoms with van der Waals surface area (Å²) in [6.45, 7) is 5.41. The van der Waals surface area contributed by atoms with E-state index in [4.69, 9.17) is 9.47 Å². The Balaban J connectivity index is 3.03. The molecule has 0 fully saturated rings. The Morgan fingerprint density at radius 1 is 1.22 bits per heavy atom. The monoisotopic (exact) mass is 252 g/mol. The van der Waals surface area contributed by atoms with Gasteiger partial charge in [0.2, 0.25) is 0 Å². The lowest BCUT2D eigenvalue weighted by molar-refractivity contribution is -0.157. The first-order valence-corrected chi connectivity index (χ1v) is 5.73. The van der Waals surface area contributed by atoms with Crippen LogP contribution in [-0.2, 0) is 19.1 Å². The van der Waals surface area contributed by atoms with Gasteiger partial charge in [-0.25, -0.2) is 9.97 Å². The van der Waals surface area contributed by atoms with Gasteiger partial charge in [0, 0.05) is 6.20 Å². The molecule has 0 saturated heterocycles. The molecule has 0 aliphatic carbocycles. The highest BCUT2D eigenvalue weighted by Crippen LogP contribution is 2.17. The highest BCUT2D eigenvalue weighted by atomic mass is 16.6. The first-order chi connectivity index (χ1) is 8.60. The average Bonchev–Trinajstić information content (AvgIpc) is 2.30. The lowest BCUT2D eigenvalue weighted by atomic mass is 10.1. The lowest BCUT2D eigenvalue weighted by Crippen LogP contribution is -2.27. The molecule has 1 rings (SSSR count). The van der Waals surface area contributed by atoms with E-state index in [1.54, 1.807) is 20.8 Å². The van der Waals surface area contributed by atoms with Crippen LogP contribution in [0.4, 0.5) is 0 Å². The van der Waals surface area contributed by atoms with E-state index in [1.807, 2.05) is 0 Å². The number of hydrogen-bond donors (Lipinski definition) is 0. The first kappa shape index (κ1) is 14.1. The Hall–Kier alpha value is -1.98. The second-order valence-corrected chi connectivity index (χ2v) is 3.47. The van der Waals surface area contributed by atoms with Crippen LogP contribution in [0, 0.1) is 6.92 Å². The predicted octanol–water partition coefficient (Wildman–Crippen LogP) is 0.995. The van der Waals surface area contributed by atoms with Crippen molar-refractivity contribution in [3.63, 3.8) is 0 Å². The number of aromatic nitrogens is 2. The summed E-state index contributed by atoms with van der Waals surface area (Å²) >= 11 is 0. The molecule has 0 atom stereocenters. The van der Waals surface area contributed by atoms with Gasteiger partial charge in [0.05, 0.1) is 18.9 Å². The zero-order valence-corrected chi connectivity index (χ0v) is 10.7. The van der Waals surface area contributed by atoms with E-state index in [-0.39, 0.29) is 13.2 Å². The molecule has 6 heteroatoms. The Morgan fingerprint density at radius 3 is 2.22 bits per heavy atom. The van der Waals surface area contributed by atoms with E-state index < -0.39 is 17.9 Å².